The molecule has 1 atom stereocenters. The summed E-state index contributed by atoms with van der Waals surface area (Å²) in [5.74, 6) is 0. The third kappa shape index (κ3) is 5.32. The van der Waals surface area contributed by atoms with Gasteiger partial charge in [0.25, 0.3) is 0 Å². The Hall–Kier alpha value is -1.38. The van der Waals surface area contributed by atoms with Crippen molar-refractivity contribution >= 4 is 0 Å². The monoisotopic (exact) mass is 272 g/mol. The summed E-state index contributed by atoms with van der Waals surface area (Å²) in [4.78, 5) is 2.36. The number of hydrogen-bond acceptors (Lipinski definition) is 2. The van der Waals surface area contributed by atoms with E-state index in [1.165, 1.54) is 11.1 Å². The Morgan fingerprint density at radius 3 is 2.40 bits per heavy atom. The fourth-order valence-corrected chi connectivity index (χ4v) is 2.53. The molecule has 20 heavy (non-hydrogen) atoms. The van der Waals surface area contributed by atoms with Gasteiger partial charge in [0.2, 0.25) is 0 Å². The lowest BCUT2D eigenvalue weighted by atomic mass is 9.98. The number of nitrogens with zero attached hydrogens (tertiary/aromatic N) is 1. The van der Waals surface area contributed by atoms with Crippen molar-refractivity contribution in [2.24, 2.45) is 0 Å². The molecule has 0 heterocycles. The van der Waals surface area contributed by atoms with Gasteiger partial charge in [-0.15, -0.1) is 13.2 Å². The van der Waals surface area contributed by atoms with Gasteiger partial charge in [0.1, 0.15) is 0 Å². The Kier molecular flexibility index (Phi) is 7.93. The molecule has 0 aliphatic rings. The van der Waals surface area contributed by atoms with Crippen LogP contribution in [0, 0.1) is 6.92 Å². The maximum Gasteiger partial charge on any atom is 0.0334 e. The highest BCUT2D eigenvalue weighted by atomic mass is 15.1. The van der Waals surface area contributed by atoms with E-state index in [1.54, 1.807) is 0 Å². The number of rotatable bonds is 10. The lowest BCUT2D eigenvalue weighted by molar-refractivity contribution is 0.308. The lowest BCUT2D eigenvalue weighted by Gasteiger charge is -2.25. The van der Waals surface area contributed by atoms with E-state index in [1.807, 2.05) is 12.2 Å². The quantitative estimate of drug-likeness (QED) is 0.653. The van der Waals surface area contributed by atoms with Crippen molar-refractivity contribution in [3.05, 3.63) is 60.7 Å². The third-order valence-corrected chi connectivity index (χ3v) is 3.52. The molecule has 0 saturated carbocycles. The Morgan fingerprint density at radius 1 is 1.20 bits per heavy atom. The van der Waals surface area contributed by atoms with Gasteiger partial charge in [-0.05, 0) is 31.0 Å². The van der Waals surface area contributed by atoms with Crippen molar-refractivity contribution in [1.29, 1.82) is 0 Å². The molecular formula is C18H28N2. The van der Waals surface area contributed by atoms with Crippen LogP contribution in [0.5, 0.6) is 0 Å². The van der Waals surface area contributed by atoms with E-state index in [-0.39, 0.29) is 0 Å². The number of nitrogens with one attached hydrogen (secondary N) is 1. The number of benzene rings is 1. The fourth-order valence-electron chi connectivity index (χ4n) is 2.53. The van der Waals surface area contributed by atoms with Crippen LogP contribution in [0.25, 0.3) is 0 Å². The van der Waals surface area contributed by atoms with E-state index in [2.05, 4.69) is 61.5 Å². The normalized spacial score (nSPS) is 12.3. The molecule has 1 aromatic carbocycles. The summed E-state index contributed by atoms with van der Waals surface area (Å²) in [5, 5.41) is 3.60. The van der Waals surface area contributed by atoms with E-state index in [0.29, 0.717) is 6.04 Å². The summed E-state index contributed by atoms with van der Waals surface area (Å²) in [5.41, 5.74) is 2.77. The van der Waals surface area contributed by atoms with E-state index < -0.39 is 0 Å². The topological polar surface area (TPSA) is 15.3 Å². The SMILES string of the molecule is C=CCN(CC=C)CCC(NCC)c1ccccc1C. The van der Waals surface area contributed by atoms with Gasteiger partial charge in [-0.25, -0.2) is 0 Å². The molecule has 0 aliphatic heterocycles. The van der Waals surface area contributed by atoms with Crippen molar-refractivity contribution in [3.8, 4) is 0 Å². The zero-order chi connectivity index (χ0) is 14.8. The van der Waals surface area contributed by atoms with Crippen molar-refractivity contribution in [1.82, 2.24) is 10.2 Å². The molecule has 0 fully saturated rings. The average Bonchev–Trinajstić information content (AvgIpc) is 2.44. The van der Waals surface area contributed by atoms with Crippen LogP contribution in [0.4, 0.5) is 0 Å². The molecule has 110 valence electrons. The second kappa shape index (κ2) is 9.51. The molecule has 0 amide bonds. The van der Waals surface area contributed by atoms with Gasteiger partial charge < -0.3 is 5.32 Å². The Bertz CT molecular complexity index is 402. The van der Waals surface area contributed by atoms with Gasteiger partial charge in [-0.3, -0.25) is 4.90 Å². The minimum absolute atomic E-state index is 0.415. The summed E-state index contributed by atoms with van der Waals surface area (Å²) >= 11 is 0. The summed E-state index contributed by atoms with van der Waals surface area (Å²) < 4.78 is 0. The fraction of sp³-hybridized carbons (Fsp3) is 0.444. The highest BCUT2D eigenvalue weighted by molar-refractivity contribution is 5.28. The van der Waals surface area contributed by atoms with Crippen LogP contribution >= 0.6 is 0 Å². The molecule has 1 unspecified atom stereocenters. The van der Waals surface area contributed by atoms with Gasteiger partial charge in [0.05, 0.1) is 0 Å². The molecule has 2 heteroatoms. The molecule has 0 saturated heterocycles. The molecule has 2 nitrogen and oxygen atoms in total. The largest absolute Gasteiger partial charge is 0.310 e. The highest BCUT2D eigenvalue weighted by Crippen LogP contribution is 2.20. The van der Waals surface area contributed by atoms with Crippen LogP contribution in [0.15, 0.2) is 49.6 Å². The molecule has 1 rings (SSSR count). The summed E-state index contributed by atoms with van der Waals surface area (Å²) in [7, 11) is 0. The van der Waals surface area contributed by atoms with Gasteiger partial charge in [-0.2, -0.15) is 0 Å². The molecular weight excluding hydrogens is 244 g/mol. The predicted molar refractivity (Wildman–Crippen MR) is 89.0 cm³/mol. The van der Waals surface area contributed by atoms with Crippen molar-refractivity contribution in [3.63, 3.8) is 0 Å². The van der Waals surface area contributed by atoms with E-state index >= 15 is 0 Å². The van der Waals surface area contributed by atoms with Gasteiger partial charge in [-0.1, -0.05) is 43.3 Å². The van der Waals surface area contributed by atoms with E-state index in [0.717, 1.165) is 32.6 Å². The summed E-state index contributed by atoms with van der Waals surface area (Å²) in [6, 6.07) is 9.05. The first-order chi connectivity index (χ1) is 9.72. The zero-order valence-corrected chi connectivity index (χ0v) is 12.9. The molecule has 0 bridgehead atoms. The van der Waals surface area contributed by atoms with Crippen LogP contribution < -0.4 is 5.32 Å². The minimum atomic E-state index is 0.415. The molecule has 0 aromatic heterocycles. The van der Waals surface area contributed by atoms with E-state index in [9.17, 15) is 0 Å². The first-order valence-electron chi connectivity index (χ1n) is 7.46. The Balaban J connectivity index is 2.69. The first kappa shape index (κ1) is 16.7. The Labute approximate surface area is 124 Å². The van der Waals surface area contributed by atoms with Crippen LogP contribution in [-0.2, 0) is 0 Å². The van der Waals surface area contributed by atoms with Gasteiger partial charge in [0.15, 0.2) is 0 Å². The zero-order valence-electron chi connectivity index (χ0n) is 12.9. The standard InChI is InChI=1S/C18H28N2/c1-5-13-20(14-6-2)15-12-18(19-7-3)17-11-9-8-10-16(17)4/h5-6,8-11,18-19H,1-2,7,12-15H2,3-4H3. The molecule has 1 N–H and O–H groups in total. The van der Waals surface area contributed by atoms with Crippen LogP contribution in [0.2, 0.25) is 0 Å². The summed E-state index contributed by atoms with van der Waals surface area (Å²) in [6.45, 7) is 15.9. The first-order valence-corrected chi connectivity index (χ1v) is 7.46. The predicted octanol–water partition coefficient (Wildman–Crippen LogP) is 3.71. The smallest absolute Gasteiger partial charge is 0.0334 e. The van der Waals surface area contributed by atoms with Crippen molar-refractivity contribution in [2.45, 2.75) is 26.3 Å². The molecule has 0 spiro atoms. The maximum atomic E-state index is 3.83. The summed E-state index contributed by atoms with van der Waals surface area (Å²) in [6.07, 6.45) is 5.01. The second-order valence-electron chi connectivity index (χ2n) is 5.09. The molecule has 0 radical (unpaired) electrons. The van der Waals surface area contributed by atoms with Gasteiger partial charge >= 0.3 is 0 Å². The molecule has 0 aliphatic carbocycles. The van der Waals surface area contributed by atoms with Gasteiger partial charge in [0, 0.05) is 25.7 Å². The maximum absolute atomic E-state index is 3.83. The Morgan fingerprint density at radius 2 is 1.85 bits per heavy atom. The average molecular weight is 272 g/mol. The number of hydrogen-bond donors (Lipinski definition) is 1. The third-order valence-electron chi connectivity index (χ3n) is 3.52. The second-order valence-corrected chi connectivity index (χ2v) is 5.09. The molecule has 1 aromatic rings. The van der Waals surface area contributed by atoms with E-state index in [4.69, 9.17) is 0 Å². The number of aryl methyl sites for hydroxylation is 1. The van der Waals surface area contributed by atoms with Crippen molar-refractivity contribution < 1.29 is 0 Å². The van der Waals surface area contributed by atoms with Crippen molar-refractivity contribution in [2.75, 3.05) is 26.2 Å². The minimum Gasteiger partial charge on any atom is -0.310 e. The highest BCUT2D eigenvalue weighted by Gasteiger charge is 2.13. The van der Waals surface area contributed by atoms with Crippen LogP contribution in [0.1, 0.15) is 30.5 Å². The lowest BCUT2D eigenvalue weighted by Crippen LogP contribution is -2.30. The van der Waals surface area contributed by atoms with Crippen LogP contribution in [0.3, 0.4) is 0 Å². The van der Waals surface area contributed by atoms with Crippen LogP contribution in [-0.4, -0.2) is 31.1 Å².